The van der Waals surface area contributed by atoms with Gasteiger partial charge in [0.2, 0.25) is 0 Å². The lowest BCUT2D eigenvalue weighted by Crippen LogP contribution is -2.57. The number of carbonyl (C=O) groups excluding carboxylic acids is 1. The number of benzene rings is 1. The van der Waals surface area contributed by atoms with Crippen LogP contribution < -0.4 is 5.32 Å². The van der Waals surface area contributed by atoms with E-state index in [0.29, 0.717) is 12.1 Å². The fourth-order valence-electron chi connectivity index (χ4n) is 2.72. The fraction of sp³-hybridized carbons (Fsp3) is 0.412. The zero-order valence-electron chi connectivity index (χ0n) is 13.0. The predicted octanol–water partition coefficient (Wildman–Crippen LogP) is 3.19. The lowest BCUT2D eigenvalue weighted by Gasteiger charge is -2.45. The van der Waals surface area contributed by atoms with Crippen molar-refractivity contribution in [3.63, 3.8) is 0 Å². The van der Waals surface area contributed by atoms with Gasteiger partial charge in [0, 0.05) is 28.3 Å². The lowest BCUT2D eigenvalue weighted by atomic mass is 9.79. The molecule has 0 spiro atoms. The van der Waals surface area contributed by atoms with Gasteiger partial charge < -0.3 is 10.4 Å². The third kappa shape index (κ3) is 3.59. The number of aliphatic hydroxyl groups is 1. The van der Waals surface area contributed by atoms with Gasteiger partial charge in [-0.1, -0.05) is 19.1 Å². The smallest absolute Gasteiger partial charge is 0.251 e. The largest absolute Gasteiger partial charge is 0.387 e. The summed E-state index contributed by atoms with van der Waals surface area (Å²) in [6, 6.07) is 7.40. The number of hydrogen-bond donors (Lipinski definition) is 2. The normalized spacial score (nSPS) is 23.3. The number of hydrogen-bond acceptors (Lipinski definition) is 5. The van der Waals surface area contributed by atoms with E-state index in [9.17, 15) is 9.90 Å². The molecule has 0 radical (unpaired) electrons. The Labute approximate surface area is 144 Å². The van der Waals surface area contributed by atoms with Gasteiger partial charge in [-0.05, 0) is 30.7 Å². The molecule has 0 bridgehead atoms. The lowest BCUT2D eigenvalue weighted by molar-refractivity contribution is -0.0221. The molecule has 0 saturated heterocycles. The zero-order valence-corrected chi connectivity index (χ0v) is 14.6. The second kappa shape index (κ2) is 7.03. The van der Waals surface area contributed by atoms with Gasteiger partial charge in [-0.3, -0.25) is 4.79 Å². The van der Waals surface area contributed by atoms with E-state index < -0.39 is 5.60 Å². The van der Waals surface area contributed by atoms with E-state index >= 15 is 0 Å². The minimum atomic E-state index is -0.753. The summed E-state index contributed by atoms with van der Waals surface area (Å²) in [5.74, 6) is 0.842. The molecule has 1 fully saturated rings. The SMILES string of the molecule is CCS[C@@H]1CC[C@@]1(O)CNC(=O)c1ccc(-c2cscn2)cc1. The van der Waals surface area contributed by atoms with Crippen LogP contribution in [0.5, 0.6) is 0 Å². The van der Waals surface area contributed by atoms with Crippen molar-refractivity contribution in [3.05, 3.63) is 40.7 Å². The molecule has 0 aliphatic heterocycles. The van der Waals surface area contributed by atoms with Gasteiger partial charge >= 0.3 is 0 Å². The van der Waals surface area contributed by atoms with E-state index in [4.69, 9.17) is 0 Å². The highest BCUT2D eigenvalue weighted by Gasteiger charge is 2.45. The van der Waals surface area contributed by atoms with Crippen LogP contribution in [0.3, 0.4) is 0 Å². The molecule has 1 aromatic heterocycles. The van der Waals surface area contributed by atoms with Gasteiger partial charge in [0.1, 0.15) is 0 Å². The van der Waals surface area contributed by atoms with E-state index in [2.05, 4.69) is 17.2 Å². The van der Waals surface area contributed by atoms with E-state index in [0.717, 1.165) is 29.9 Å². The predicted molar refractivity (Wildman–Crippen MR) is 96.0 cm³/mol. The van der Waals surface area contributed by atoms with Crippen LogP contribution in [0, 0.1) is 0 Å². The van der Waals surface area contributed by atoms with Crippen molar-refractivity contribution in [2.24, 2.45) is 0 Å². The monoisotopic (exact) mass is 348 g/mol. The number of nitrogens with zero attached hydrogens (tertiary/aromatic N) is 1. The minimum Gasteiger partial charge on any atom is -0.387 e. The molecule has 3 rings (SSSR count). The van der Waals surface area contributed by atoms with Crippen molar-refractivity contribution in [1.82, 2.24) is 10.3 Å². The van der Waals surface area contributed by atoms with Crippen LogP contribution in [-0.4, -0.2) is 39.1 Å². The first-order valence-corrected chi connectivity index (χ1v) is 9.72. The molecule has 1 aromatic carbocycles. The number of amides is 1. The average Bonchev–Trinajstić information content (AvgIpc) is 3.11. The van der Waals surface area contributed by atoms with Crippen molar-refractivity contribution in [3.8, 4) is 11.3 Å². The number of thiazole rings is 1. The van der Waals surface area contributed by atoms with Crippen molar-refractivity contribution in [1.29, 1.82) is 0 Å². The van der Waals surface area contributed by atoms with Gasteiger partial charge in [-0.15, -0.1) is 11.3 Å². The number of aromatic nitrogens is 1. The van der Waals surface area contributed by atoms with Crippen LogP contribution in [0.1, 0.15) is 30.1 Å². The minimum absolute atomic E-state index is 0.143. The highest BCUT2D eigenvalue weighted by Crippen LogP contribution is 2.40. The molecule has 1 aliphatic carbocycles. The van der Waals surface area contributed by atoms with Crippen LogP contribution in [0.15, 0.2) is 35.2 Å². The summed E-state index contributed by atoms with van der Waals surface area (Å²) in [6.07, 6.45) is 1.78. The Morgan fingerprint density at radius 1 is 1.48 bits per heavy atom. The molecule has 2 N–H and O–H groups in total. The van der Waals surface area contributed by atoms with E-state index in [1.165, 1.54) is 0 Å². The van der Waals surface area contributed by atoms with Crippen molar-refractivity contribution >= 4 is 29.0 Å². The standard InChI is InChI=1S/C17H20N2O2S2/c1-2-23-15-7-8-17(15,21)10-18-16(20)13-5-3-12(4-6-13)14-9-22-11-19-14/h3-6,9,11,15,21H,2,7-8,10H2,1H3,(H,18,20)/t15-,17-/m1/s1. The topological polar surface area (TPSA) is 62.2 Å². The summed E-state index contributed by atoms with van der Waals surface area (Å²) in [5, 5.41) is 15.6. The maximum Gasteiger partial charge on any atom is 0.251 e. The highest BCUT2D eigenvalue weighted by molar-refractivity contribution is 8.00. The summed E-state index contributed by atoms with van der Waals surface area (Å²) < 4.78 is 0. The first-order valence-electron chi connectivity index (χ1n) is 7.73. The maximum absolute atomic E-state index is 12.3. The van der Waals surface area contributed by atoms with Gasteiger partial charge in [-0.25, -0.2) is 4.98 Å². The average molecular weight is 348 g/mol. The molecule has 1 amide bonds. The molecular formula is C17H20N2O2S2. The van der Waals surface area contributed by atoms with Gasteiger partial charge in [0.15, 0.2) is 0 Å². The van der Waals surface area contributed by atoms with Crippen molar-refractivity contribution < 1.29 is 9.90 Å². The first kappa shape index (κ1) is 16.5. The highest BCUT2D eigenvalue weighted by atomic mass is 32.2. The van der Waals surface area contributed by atoms with Crippen LogP contribution in [0.2, 0.25) is 0 Å². The van der Waals surface area contributed by atoms with Crippen LogP contribution >= 0.6 is 23.1 Å². The number of rotatable bonds is 6. The summed E-state index contributed by atoms with van der Waals surface area (Å²) >= 11 is 3.31. The molecular weight excluding hydrogens is 328 g/mol. The van der Waals surface area contributed by atoms with Crippen LogP contribution in [0.25, 0.3) is 11.3 Å². The van der Waals surface area contributed by atoms with E-state index in [1.807, 2.05) is 17.5 Å². The molecule has 23 heavy (non-hydrogen) atoms. The molecule has 1 saturated carbocycles. The van der Waals surface area contributed by atoms with Gasteiger partial charge in [0.05, 0.1) is 16.8 Å². The van der Waals surface area contributed by atoms with Crippen LogP contribution in [-0.2, 0) is 0 Å². The zero-order chi connectivity index (χ0) is 16.3. The van der Waals surface area contributed by atoms with Crippen LogP contribution in [0.4, 0.5) is 0 Å². The quantitative estimate of drug-likeness (QED) is 0.842. The molecule has 122 valence electrons. The summed E-state index contributed by atoms with van der Waals surface area (Å²) in [6.45, 7) is 2.41. The van der Waals surface area contributed by atoms with E-state index in [1.54, 1.807) is 40.7 Å². The first-order chi connectivity index (χ1) is 11.1. The molecule has 0 unspecified atom stereocenters. The second-order valence-electron chi connectivity index (χ2n) is 5.72. The second-order valence-corrected chi connectivity index (χ2v) is 7.92. The Kier molecular flexibility index (Phi) is 5.04. The number of nitrogens with one attached hydrogen (secondary N) is 1. The molecule has 2 atom stereocenters. The summed E-state index contributed by atoms with van der Waals surface area (Å²) in [7, 11) is 0. The molecule has 2 aromatic rings. The molecule has 1 aliphatic rings. The Morgan fingerprint density at radius 2 is 2.26 bits per heavy atom. The summed E-state index contributed by atoms with van der Waals surface area (Å²) in [5.41, 5.74) is 3.56. The Bertz CT molecular complexity index is 658. The Hall–Kier alpha value is -1.37. The van der Waals surface area contributed by atoms with Crippen molar-refractivity contribution in [2.75, 3.05) is 12.3 Å². The van der Waals surface area contributed by atoms with Gasteiger partial charge in [-0.2, -0.15) is 11.8 Å². The Morgan fingerprint density at radius 3 is 2.83 bits per heavy atom. The third-order valence-electron chi connectivity index (χ3n) is 4.24. The molecule has 6 heteroatoms. The van der Waals surface area contributed by atoms with E-state index in [-0.39, 0.29) is 11.2 Å². The summed E-state index contributed by atoms with van der Waals surface area (Å²) in [4.78, 5) is 16.5. The number of thioether (sulfide) groups is 1. The van der Waals surface area contributed by atoms with Gasteiger partial charge in [0.25, 0.3) is 5.91 Å². The van der Waals surface area contributed by atoms with Crippen molar-refractivity contribution in [2.45, 2.75) is 30.6 Å². The maximum atomic E-state index is 12.3. The molecule has 4 nitrogen and oxygen atoms in total. The third-order valence-corrected chi connectivity index (χ3v) is 6.23. The number of carbonyl (C=O) groups is 1. The fourth-order valence-corrected chi connectivity index (χ4v) is 4.48. The Balaban J connectivity index is 1.58. The molecule has 1 heterocycles.